The third-order valence-corrected chi connectivity index (χ3v) is 6.64. The number of anilines is 2. The van der Waals surface area contributed by atoms with E-state index in [0.717, 1.165) is 21.7 Å². The van der Waals surface area contributed by atoms with Gasteiger partial charge in [0.25, 0.3) is 5.91 Å². The molecule has 1 aromatic heterocycles. The van der Waals surface area contributed by atoms with Crippen molar-refractivity contribution in [3.63, 3.8) is 0 Å². The number of ether oxygens (including phenoxy) is 1. The van der Waals surface area contributed by atoms with Crippen LogP contribution in [0.2, 0.25) is 0 Å². The van der Waals surface area contributed by atoms with Crippen LogP contribution < -0.4 is 15.8 Å². The van der Waals surface area contributed by atoms with Crippen LogP contribution in [0.5, 0.6) is 5.75 Å². The number of rotatable bonds is 4. The van der Waals surface area contributed by atoms with Gasteiger partial charge >= 0.3 is 6.09 Å². The minimum Gasteiger partial charge on any atom is -0.410 e. The van der Waals surface area contributed by atoms with Crippen LogP contribution in [-0.2, 0) is 13.0 Å². The molecule has 0 radical (unpaired) electrons. The zero-order chi connectivity index (χ0) is 23.5. The molecule has 170 valence electrons. The Morgan fingerprint density at radius 2 is 1.65 bits per heavy atom. The normalized spacial score (nSPS) is 12.6. The Morgan fingerprint density at radius 3 is 2.41 bits per heavy atom. The van der Waals surface area contributed by atoms with Gasteiger partial charge in [-0.15, -0.1) is 11.3 Å². The first-order chi connectivity index (χ1) is 16.6. The van der Waals surface area contributed by atoms with E-state index in [1.165, 1.54) is 11.3 Å². The minimum atomic E-state index is -0.422. The largest absolute Gasteiger partial charge is 0.415 e. The topological polar surface area (TPSA) is 97.5 Å². The first kappa shape index (κ1) is 21.7. The van der Waals surface area contributed by atoms with Gasteiger partial charge < -0.3 is 20.7 Å². The van der Waals surface area contributed by atoms with Crippen LogP contribution in [0.15, 0.2) is 78.9 Å². The lowest BCUT2D eigenvalue weighted by molar-refractivity contribution is 0.102. The maximum atomic E-state index is 12.7. The molecule has 0 bridgehead atoms. The predicted octanol–water partition coefficient (Wildman–Crippen LogP) is 5.20. The van der Waals surface area contributed by atoms with E-state index >= 15 is 0 Å². The van der Waals surface area contributed by atoms with Crippen LogP contribution in [0.1, 0.15) is 20.4 Å². The number of nitrogens with two attached hydrogens (primary N) is 1. The van der Waals surface area contributed by atoms with Crippen LogP contribution >= 0.6 is 11.3 Å². The highest BCUT2D eigenvalue weighted by atomic mass is 32.1. The van der Waals surface area contributed by atoms with Crippen molar-refractivity contribution < 1.29 is 14.3 Å². The summed E-state index contributed by atoms with van der Waals surface area (Å²) in [6, 6.07) is 24.5. The van der Waals surface area contributed by atoms with Crippen LogP contribution in [0, 0.1) is 0 Å². The number of nitrogens with zero attached hydrogens (tertiary/aromatic N) is 2. The average Bonchev–Trinajstić information content (AvgIpc) is 3.30. The molecule has 0 saturated heterocycles. The molecule has 0 spiro atoms. The summed E-state index contributed by atoms with van der Waals surface area (Å²) in [5.74, 6) is 0.172. The number of nitrogens with one attached hydrogen (secondary N) is 1. The van der Waals surface area contributed by atoms with Crippen molar-refractivity contribution >= 4 is 34.7 Å². The fourth-order valence-electron chi connectivity index (χ4n) is 3.75. The second kappa shape index (κ2) is 9.36. The van der Waals surface area contributed by atoms with Gasteiger partial charge in [0, 0.05) is 17.8 Å². The van der Waals surface area contributed by atoms with Crippen molar-refractivity contribution in [2.45, 2.75) is 13.0 Å². The Labute approximate surface area is 200 Å². The van der Waals surface area contributed by atoms with Crippen molar-refractivity contribution in [3.8, 4) is 16.9 Å². The van der Waals surface area contributed by atoms with Gasteiger partial charge in [-0.2, -0.15) is 0 Å². The van der Waals surface area contributed by atoms with Crippen molar-refractivity contribution in [1.29, 1.82) is 0 Å². The number of carbonyl (C=O) groups is 2. The number of aromatic nitrogens is 1. The molecule has 3 aromatic carbocycles. The van der Waals surface area contributed by atoms with E-state index in [1.54, 1.807) is 41.3 Å². The molecule has 5 rings (SSSR count). The Kier molecular flexibility index (Phi) is 5.97. The van der Waals surface area contributed by atoms with Gasteiger partial charge in [0.05, 0.1) is 23.6 Å². The Bertz CT molecular complexity index is 1340. The van der Waals surface area contributed by atoms with E-state index in [-0.39, 0.29) is 5.91 Å². The molecule has 8 heteroatoms. The summed E-state index contributed by atoms with van der Waals surface area (Å²) >= 11 is 1.28. The predicted molar refractivity (Wildman–Crippen MR) is 133 cm³/mol. The minimum absolute atomic E-state index is 0.315. The van der Waals surface area contributed by atoms with Crippen LogP contribution in [-0.4, -0.2) is 28.4 Å². The SMILES string of the molecule is Nc1ccccc1NC(=O)c1nc2c(s1)CN(C(=O)Oc1ccc(-c3ccccc3)cc1)CC2. The monoisotopic (exact) mass is 470 g/mol. The van der Waals surface area contributed by atoms with Gasteiger partial charge in [-0.05, 0) is 35.4 Å². The third kappa shape index (κ3) is 4.62. The van der Waals surface area contributed by atoms with Crippen LogP contribution in [0.3, 0.4) is 0 Å². The number of carbonyl (C=O) groups excluding carboxylic acids is 2. The number of fused-ring (bicyclic) bond motifs is 1. The second-order valence-electron chi connectivity index (χ2n) is 7.86. The highest BCUT2D eigenvalue weighted by molar-refractivity contribution is 7.13. The maximum Gasteiger partial charge on any atom is 0.415 e. The quantitative estimate of drug-likeness (QED) is 0.400. The molecule has 4 aromatic rings. The van der Waals surface area contributed by atoms with Gasteiger partial charge in [-0.1, -0.05) is 54.6 Å². The molecule has 3 N–H and O–H groups in total. The van der Waals surface area contributed by atoms with E-state index in [2.05, 4.69) is 10.3 Å². The molecule has 34 heavy (non-hydrogen) atoms. The van der Waals surface area contributed by atoms with E-state index in [4.69, 9.17) is 10.5 Å². The summed E-state index contributed by atoms with van der Waals surface area (Å²) in [4.78, 5) is 32.4. The number of para-hydroxylation sites is 2. The number of thiazole rings is 1. The van der Waals surface area contributed by atoms with Crippen molar-refractivity contribution in [3.05, 3.63) is 94.4 Å². The van der Waals surface area contributed by atoms with Gasteiger partial charge in [0.2, 0.25) is 0 Å². The first-order valence-electron chi connectivity index (χ1n) is 10.8. The highest BCUT2D eigenvalue weighted by Gasteiger charge is 2.27. The lowest BCUT2D eigenvalue weighted by Gasteiger charge is -2.25. The molecule has 2 amide bonds. The zero-order valence-electron chi connectivity index (χ0n) is 18.2. The molecule has 1 aliphatic heterocycles. The lowest BCUT2D eigenvalue weighted by atomic mass is 10.1. The van der Waals surface area contributed by atoms with E-state index in [0.29, 0.717) is 41.6 Å². The number of hydrogen-bond donors (Lipinski definition) is 2. The summed E-state index contributed by atoms with van der Waals surface area (Å²) in [5, 5.41) is 3.14. The summed E-state index contributed by atoms with van der Waals surface area (Å²) in [6.07, 6.45) is 0.142. The van der Waals surface area contributed by atoms with Gasteiger partial charge in [0.15, 0.2) is 5.01 Å². The van der Waals surface area contributed by atoms with E-state index in [1.807, 2.05) is 42.5 Å². The fraction of sp³-hybridized carbons (Fsp3) is 0.115. The van der Waals surface area contributed by atoms with Crippen molar-refractivity contribution in [2.75, 3.05) is 17.6 Å². The number of hydrogen-bond acceptors (Lipinski definition) is 6. The first-order valence-corrected chi connectivity index (χ1v) is 11.6. The third-order valence-electron chi connectivity index (χ3n) is 5.56. The van der Waals surface area contributed by atoms with Gasteiger partial charge in [-0.25, -0.2) is 9.78 Å². The zero-order valence-corrected chi connectivity index (χ0v) is 19.0. The number of nitrogen functional groups attached to an aromatic ring is 1. The summed E-state index contributed by atoms with van der Waals surface area (Å²) in [6.45, 7) is 0.832. The van der Waals surface area contributed by atoms with Gasteiger partial charge in [0.1, 0.15) is 5.75 Å². The van der Waals surface area contributed by atoms with Crippen LogP contribution in [0.4, 0.5) is 16.2 Å². The molecule has 2 heterocycles. The summed E-state index contributed by atoms with van der Waals surface area (Å²) < 4.78 is 5.58. The lowest BCUT2D eigenvalue weighted by Crippen LogP contribution is -2.37. The van der Waals surface area contributed by atoms with Crippen LogP contribution in [0.25, 0.3) is 11.1 Å². The van der Waals surface area contributed by atoms with E-state index < -0.39 is 6.09 Å². The standard InChI is InChI=1S/C26H22N4O3S/c27-20-8-4-5-9-21(20)28-24(31)25-29-22-14-15-30(16-23(22)34-25)26(32)33-19-12-10-18(11-13-19)17-6-2-1-3-7-17/h1-13H,14-16,27H2,(H,28,31). The molecular formula is C26H22N4O3S. The second-order valence-corrected chi connectivity index (χ2v) is 8.94. The smallest absolute Gasteiger partial charge is 0.410 e. The molecular weight excluding hydrogens is 448 g/mol. The number of benzene rings is 3. The summed E-state index contributed by atoms with van der Waals surface area (Å²) in [7, 11) is 0. The van der Waals surface area contributed by atoms with Crippen molar-refractivity contribution in [1.82, 2.24) is 9.88 Å². The maximum absolute atomic E-state index is 12.7. The molecule has 7 nitrogen and oxygen atoms in total. The van der Waals surface area contributed by atoms with Crippen molar-refractivity contribution in [2.24, 2.45) is 0 Å². The average molecular weight is 471 g/mol. The van der Waals surface area contributed by atoms with Gasteiger partial charge in [-0.3, -0.25) is 4.79 Å². The molecule has 0 aliphatic carbocycles. The molecule has 0 fully saturated rings. The molecule has 1 aliphatic rings. The number of amides is 2. The highest BCUT2D eigenvalue weighted by Crippen LogP contribution is 2.28. The fourth-order valence-corrected chi connectivity index (χ4v) is 4.77. The van der Waals surface area contributed by atoms with E-state index in [9.17, 15) is 9.59 Å². The molecule has 0 atom stereocenters. The summed E-state index contributed by atoms with van der Waals surface area (Å²) in [5.41, 5.74) is 9.93. The Hall–Kier alpha value is -4.17. The Morgan fingerprint density at radius 1 is 0.941 bits per heavy atom. The molecule has 0 unspecified atom stereocenters. The Balaban J connectivity index is 1.22. The molecule has 0 saturated carbocycles.